The van der Waals surface area contributed by atoms with Gasteiger partial charge in [0, 0.05) is 0 Å². The Hall–Kier alpha value is -1.78. The number of esters is 1. The number of aryl methyl sites for hydroxylation is 2. The highest BCUT2D eigenvalue weighted by atomic mass is 16.5. The number of hydrogen-bond acceptors (Lipinski definition) is 5. The molecule has 0 unspecified atom stereocenters. The maximum atomic E-state index is 11.7. The SMILES string of the molecule is CCOC(=O)c1c(C)nnc(C)c1C(C)=O. The van der Waals surface area contributed by atoms with Crippen molar-refractivity contribution in [1.29, 1.82) is 0 Å². The standard InChI is InChI=1S/C11H14N2O3/c1-5-16-11(15)10-7(3)13-12-6(2)9(10)8(4)14/h5H2,1-4H3. The Balaban J connectivity index is 3.40. The van der Waals surface area contributed by atoms with Gasteiger partial charge in [-0.25, -0.2) is 4.79 Å². The number of carbonyl (C=O) groups excluding carboxylic acids is 2. The van der Waals surface area contributed by atoms with Gasteiger partial charge in [0.2, 0.25) is 0 Å². The number of Topliss-reactive ketones (excluding diaryl/α,β-unsaturated/α-hetero) is 1. The van der Waals surface area contributed by atoms with Crippen molar-refractivity contribution in [3.05, 3.63) is 22.5 Å². The van der Waals surface area contributed by atoms with Gasteiger partial charge in [-0.2, -0.15) is 10.2 Å². The zero-order chi connectivity index (χ0) is 12.3. The van der Waals surface area contributed by atoms with Gasteiger partial charge in [-0.05, 0) is 27.7 Å². The average molecular weight is 222 g/mol. The van der Waals surface area contributed by atoms with Crippen LogP contribution in [0.4, 0.5) is 0 Å². The first-order valence-corrected chi connectivity index (χ1v) is 5.01. The third kappa shape index (κ3) is 2.24. The Morgan fingerprint density at radius 2 is 1.62 bits per heavy atom. The minimum atomic E-state index is -0.525. The lowest BCUT2D eigenvalue weighted by molar-refractivity contribution is 0.0521. The first kappa shape index (κ1) is 12.3. The fourth-order valence-electron chi connectivity index (χ4n) is 1.50. The highest BCUT2D eigenvalue weighted by Crippen LogP contribution is 2.16. The highest BCUT2D eigenvalue weighted by Gasteiger charge is 2.22. The lowest BCUT2D eigenvalue weighted by atomic mass is 10.0. The van der Waals surface area contributed by atoms with Gasteiger partial charge in [-0.15, -0.1) is 0 Å². The van der Waals surface area contributed by atoms with Gasteiger partial charge < -0.3 is 4.74 Å². The van der Waals surface area contributed by atoms with Gasteiger partial charge in [0.25, 0.3) is 0 Å². The molecule has 86 valence electrons. The van der Waals surface area contributed by atoms with Gasteiger partial charge in [0.1, 0.15) is 0 Å². The van der Waals surface area contributed by atoms with Crippen molar-refractivity contribution in [3.8, 4) is 0 Å². The van der Waals surface area contributed by atoms with Crippen molar-refractivity contribution in [2.75, 3.05) is 6.61 Å². The fourth-order valence-corrected chi connectivity index (χ4v) is 1.50. The lowest BCUT2D eigenvalue weighted by Gasteiger charge is -2.10. The van der Waals surface area contributed by atoms with Crippen molar-refractivity contribution < 1.29 is 14.3 Å². The maximum Gasteiger partial charge on any atom is 0.340 e. The summed E-state index contributed by atoms with van der Waals surface area (Å²) in [6, 6.07) is 0. The number of nitrogens with zero attached hydrogens (tertiary/aromatic N) is 2. The molecule has 0 aliphatic rings. The monoisotopic (exact) mass is 222 g/mol. The molecule has 5 nitrogen and oxygen atoms in total. The van der Waals surface area contributed by atoms with Crippen molar-refractivity contribution in [3.63, 3.8) is 0 Å². The Morgan fingerprint density at radius 3 is 2.06 bits per heavy atom. The van der Waals surface area contributed by atoms with Crippen LogP contribution in [0, 0.1) is 13.8 Å². The lowest BCUT2D eigenvalue weighted by Crippen LogP contribution is -2.16. The van der Waals surface area contributed by atoms with E-state index in [1.54, 1.807) is 20.8 Å². The van der Waals surface area contributed by atoms with E-state index in [4.69, 9.17) is 4.74 Å². The smallest absolute Gasteiger partial charge is 0.340 e. The van der Waals surface area contributed by atoms with Crippen molar-refractivity contribution >= 4 is 11.8 Å². The summed E-state index contributed by atoms with van der Waals surface area (Å²) >= 11 is 0. The zero-order valence-electron chi connectivity index (χ0n) is 9.83. The van der Waals surface area contributed by atoms with Crippen LogP contribution in [0.5, 0.6) is 0 Å². The van der Waals surface area contributed by atoms with E-state index >= 15 is 0 Å². The molecule has 1 heterocycles. The topological polar surface area (TPSA) is 69.2 Å². The van der Waals surface area contributed by atoms with Crippen LogP contribution in [0.3, 0.4) is 0 Å². The minimum absolute atomic E-state index is 0.210. The number of rotatable bonds is 3. The van der Waals surface area contributed by atoms with Gasteiger partial charge in [-0.1, -0.05) is 0 Å². The summed E-state index contributed by atoms with van der Waals surface area (Å²) < 4.78 is 4.90. The molecule has 0 atom stereocenters. The number of carbonyl (C=O) groups is 2. The predicted molar refractivity (Wildman–Crippen MR) is 57.5 cm³/mol. The number of hydrogen-bond donors (Lipinski definition) is 0. The van der Waals surface area contributed by atoms with E-state index in [1.807, 2.05) is 0 Å². The molecule has 0 aromatic carbocycles. The van der Waals surface area contributed by atoms with Crippen LogP contribution in [-0.4, -0.2) is 28.6 Å². The summed E-state index contributed by atoms with van der Waals surface area (Å²) in [5.41, 5.74) is 1.38. The molecule has 0 aliphatic heterocycles. The molecule has 0 fully saturated rings. The molecule has 5 heteroatoms. The summed E-state index contributed by atoms with van der Waals surface area (Å²) in [4.78, 5) is 23.2. The van der Waals surface area contributed by atoms with Crippen molar-refractivity contribution in [2.45, 2.75) is 27.7 Å². The van der Waals surface area contributed by atoms with E-state index in [1.165, 1.54) is 6.92 Å². The van der Waals surface area contributed by atoms with Crippen LogP contribution in [0.1, 0.15) is 46.0 Å². The van der Waals surface area contributed by atoms with Crippen molar-refractivity contribution in [1.82, 2.24) is 10.2 Å². The molecule has 1 aromatic heterocycles. The molecular formula is C11H14N2O3. The van der Waals surface area contributed by atoms with E-state index in [0.29, 0.717) is 17.0 Å². The molecule has 16 heavy (non-hydrogen) atoms. The second-order valence-electron chi connectivity index (χ2n) is 3.40. The maximum absolute atomic E-state index is 11.7. The van der Waals surface area contributed by atoms with Gasteiger partial charge in [0.05, 0.1) is 29.1 Å². The number of ketones is 1. The van der Waals surface area contributed by atoms with E-state index in [-0.39, 0.29) is 18.0 Å². The summed E-state index contributed by atoms with van der Waals surface area (Å²) in [5, 5.41) is 7.65. The second kappa shape index (κ2) is 4.83. The minimum Gasteiger partial charge on any atom is -0.462 e. The molecule has 0 aliphatic carbocycles. The van der Waals surface area contributed by atoms with E-state index < -0.39 is 5.97 Å². The predicted octanol–water partition coefficient (Wildman–Crippen LogP) is 1.47. The van der Waals surface area contributed by atoms with Crippen LogP contribution < -0.4 is 0 Å². The van der Waals surface area contributed by atoms with E-state index in [9.17, 15) is 9.59 Å². The van der Waals surface area contributed by atoms with Crippen LogP contribution in [-0.2, 0) is 4.74 Å². The fraction of sp³-hybridized carbons (Fsp3) is 0.455. The molecule has 0 bridgehead atoms. The summed E-state index contributed by atoms with van der Waals surface area (Å²) in [5.74, 6) is -0.734. The summed E-state index contributed by atoms with van der Waals surface area (Å²) in [6.07, 6.45) is 0. The van der Waals surface area contributed by atoms with E-state index in [0.717, 1.165) is 0 Å². The van der Waals surface area contributed by atoms with Gasteiger partial charge in [-0.3, -0.25) is 4.79 Å². The van der Waals surface area contributed by atoms with Crippen LogP contribution in [0.25, 0.3) is 0 Å². The zero-order valence-corrected chi connectivity index (χ0v) is 9.83. The highest BCUT2D eigenvalue weighted by molar-refractivity contribution is 6.06. The molecular weight excluding hydrogens is 208 g/mol. The Morgan fingerprint density at radius 1 is 1.12 bits per heavy atom. The summed E-state index contributed by atoms with van der Waals surface area (Å²) in [6.45, 7) is 6.64. The third-order valence-corrected chi connectivity index (χ3v) is 2.16. The normalized spacial score (nSPS) is 10.0. The van der Waals surface area contributed by atoms with Crippen molar-refractivity contribution in [2.24, 2.45) is 0 Å². The van der Waals surface area contributed by atoms with Gasteiger partial charge in [0.15, 0.2) is 5.78 Å². The van der Waals surface area contributed by atoms with Crippen LogP contribution in [0.2, 0.25) is 0 Å². The molecule has 0 saturated heterocycles. The van der Waals surface area contributed by atoms with Crippen LogP contribution >= 0.6 is 0 Å². The number of ether oxygens (including phenoxy) is 1. The molecule has 1 aromatic rings. The average Bonchev–Trinajstić information content (AvgIpc) is 2.20. The Kier molecular flexibility index (Phi) is 3.71. The second-order valence-corrected chi connectivity index (χ2v) is 3.40. The molecule has 0 saturated carbocycles. The molecule has 0 spiro atoms. The van der Waals surface area contributed by atoms with E-state index in [2.05, 4.69) is 10.2 Å². The quantitative estimate of drug-likeness (QED) is 0.572. The van der Waals surface area contributed by atoms with Gasteiger partial charge >= 0.3 is 5.97 Å². The largest absolute Gasteiger partial charge is 0.462 e. The molecule has 0 N–H and O–H groups in total. The summed E-state index contributed by atoms with van der Waals surface area (Å²) in [7, 11) is 0. The number of aromatic nitrogens is 2. The molecule has 0 amide bonds. The van der Waals surface area contributed by atoms with Crippen LogP contribution in [0.15, 0.2) is 0 Å². The third-order valence-electron chi connectivity index (χ3n) is 2.16. The Labute approximate surface area is 93.8 Å². The first-order valence-electron chi connectivity index (χ1n) is 5.01. The Bertz CT molecular complexity index is 441. The molecule has 0 radical (unpaired) electrons. The first-order chi connectivity index (χ1) is 7.49. The molecule has 1 rings (SSSR count).